The van der Waals surface area contributed by atoms with Crippen LogP contribution >= 0.6 is 22.9 Å². The molecule has 5 heteroatoms. The first kappa shape index (κ1) is 11.3. The third-order valence-corrected chi connectivity index (χ3v) is 3.92. The molecule has 0 bridgehead atoms. The molecule has 1 aromatic rings. The molecule has 1 aromatic heterocycles. The number of nitrogens with zero attached hydrogens (tertiary/aromatic N) is 2. The molecule has 1 atom stereocenters. The maximum absolute atomic E-state index is 5.81. The second-order valence-corrected chi connectivity index (χ2v) is 5.69. The topological polar surface area (TPSA) is 28.2 Å². The van der Waals surface area contributed by atoms with Crippen molar-refractivity contribution in [3.8, 4) is 0 Å². The Morgan fingerprint density at radius 3 is 3.20 bits per heavy atom. The Bertz CT molecular complexity index is 309. The molecule has 0 amide bonds. The lowest BCUT2D eigenvalue weighted by Crippen LogP contribution is -2.43. The average molecular weight is 246 g/mol. The number of halogens is 1. The zero-order valence-corrected chi connectivity index (χ0v) is 10.4. The van der Waals surface area contributed by atoms with Gasteiger partial charge in [0.15, 0.2) is 4.47 Å². The molecule has 84 valence electrons. The molecule has 0 radical (unpaired) electrons. The largest absolute Gasteiger partial charge is 0.315 e. The van der Waals surface area contributed by atoms with E-state index >= 15 is 0 Å². The van der Waals surface area contributed by atoms with Gasteiger partial charge in [-0.3, -0.25) is 4.90 Å². The lowest BCUT2D eigenvalue weighted by atomic mass is 10.1. The molecule has 0 unspecified atom stereocenters. The number of hydrogen-bond acceptors (Lipinski definition) is 4. The van der Waals surface area contributed by atoms with Crippen LogP contribution in [0.2, 0.25) is 4.47 Å². The van der Waals surface area contributed by atoms with E-state index in [2.05, 4.69) is 22.2 Å². The molecule has 1 aliphatic rings. The van der Waals surface area contributed by atoms with E-state index in [1.54, 1.807) is 11.3 Å². The SMILES string of the molecule is CN(Cc1cnc(Cl)s1)[C@@H]1CCCNC1. The van der Waals surface area contributed by atoms with Crippen LogP contribution in [0.3, 0.4) is 0 Å². The molecule has 2 heterocycles. The molecular formula is C10H16ClN3S. The number of nitrogens with one attached hydrogen (secondary N) is 1. The Labute approximate surface area is 99.5 Å². The van der Waals surface area contributed by atoms with E-state index in [-0.39, 0.29) is 0 Å². The first-order valence-corrected chi connectivity index (χ1v) is 6.46. The molecule has 1 fully saturated rings. The summed E-state index contributed by atoms with van der Waals surface area (Å²) in [5.41, 5.74) is 0. The minimum Gasteiger partial charge on any atom is -0.315 e. The molecule has 0 aliphatic carbocycles. The summed E-state index contributed by atoms with van der Waals surface area (Å²) in [5, 5.41) is 3.43. The number of aromatic nitrogens is 1. The highest BCUT2D eigenvalue weighted by Crippen LogP contribution is 2.20. The quantitative estimate of drug-likeness (QED) is 0.883. The van der Waals surface area contributed by atoms with Crippen molar-refractivity contribution in [2.24, 2.45) is 0 Å². The van der Waals surface area contributed by atoms with Gasteiger partial charge < -0.3 is 5.32 Å². The Morgan fingerprint density at radius 1 is 1.73 bits per heavy atom. The van der Waals surface area contributed by atoms with Crippen molar-refractivity contribution in [3.63, 3.8) is 0 Å². The molecule has 15 heavy (non-hydrogen) atoms. The first-order chi connectivity index (χ1) is 7.25. The van der Waals surface area contributed by atoms with Crippen LogP contribution in [-0.2, 0) is 6.54 Å². The molecule has 0 spiro atoms. The second-order valence-electron chi connectivity index (χ2n) is 3.99. The number of rotatable bonds is 3. The average Bonchev–Trinajstić information content (AvgIpc) is 2.65. The number of likely N-dealkylation sites (N-methyl/N-ethyl adjacent to an activating group) is 1. The van der Waals surface area contributed by atoms with Gasteiger partial charge in [-0.05, 0) is 26.4 Å². The standard InChI is InChI=1S/C10H16ClN3S/c1-14(8-3-2-4-12-5-8)7-9-6-13-10(11)15-9/h6,8,12H,2-5,7H2,1H3/t8-/m1/s1. The van der Waals surface area contributed by atoms with Crippen LogP contribution < -0.4 is 5.32 Å². The molecule has 2 rings (SSSR count). The van der Waals surface area contributed by atoms with Gasteiger partial charge in [-0.2, -0.15) is 0 Å². The van der Waals surface area contributed by atoms with Gasteiger partial charge in [0, 0.05) is 30.2 Å². The van der Waals surface area contributed by atoms with E-state index in [1.165, 1.54) is 17.7 Å². The number of piperidine rings is 1. The summed E-state index contributed by atoms with van der Waals surface area (Å²) in [6, 6.07) is 0.652. The third-order valence-electron chi connectivity index (χ3n) is 2.82. The Morgan fingerprint density at radius 2 is 2.60 bits per heavy atom. The van der Waals surface area contributed by atoms with E-state index in [0.717, 1.165) is 19.6 Å². The molecule has 0 aromatic carbocycles. The van der Waals surface area contributed by atoms with E-state index in [4.69, 9.17) is 11.6 Å². The van der Waals surface area contributed by atoms with Gasteiger partial charge in [0.25, 0.3) is 0 Å². The van der Waals surface area contributed by atoms with E-state index in [9.17, 15) is 0 Å². The summed E-state index contributed by atoms with van der Waals surface area (Å²) >= 11 is 7.38. The normalized spacial score (nSPS) is 22.2. The van der Waals surface area contributed by atoms with E-state index in [0.29, 0.717) is 10.5 Å². The zero-order chi connectivity index (χ0) is 10.7. The molecular weight excluding hydrogens is 230 g/mol. The summed E-state index contributed by atoms with van der Waals surface area (Å²) < 4.78 is 0.639. The Kier molecular flexibility index (Phi) is 3.97. The van der Waals surface area contributed by atoms with Gasteiger partial charge in [-0.15, -0.1) is 11.3 Å². The van der Waals surface area contributed by atoms with Crippen molar-refractivity contribution in [3.05, 3.63) is 15.5 Å². The van der Waals surface area contributed by atoms with Crippen LogP contribution in [-0.4, -0.2) is 36.1 Å². The lowest BCUT2D eigenvalue weighted by Gasteiger charge is -2.31. The van der Waals surface area contributed by atoms with Crippen LogP contribution in [0.4, 0.5) is 0 Å². The monoisotopic (exact) mass is 245 g/mol. The fourth-order valence-corrected chi connectivity index (χ4v) is 2.98. The number of thiazole rings is 1. The highest BCUT2D eigenvalue weighted by atomic mass is 35.5. The predicted octanol–water partition coefficient (Wildman–Crippen LogP) is 1.98. The first-order valence-electron chi connectivity index (χ1n) is 5.27. The fourth-order valence-electron chi connectivity index (χ4n) is 1.94. The maximum atomic E-state index is 5.81. The Hall–Kier alpha value is -0.160. The highest BCUT2D eigenvalue weighted by molar-refractivity contribution is 7.15. The highest BCUT2D eigenvalue weighted by Gasteiger charge is 2.18. The van der Waals surface area contributed by atoms with Gasteiger partial charge in [0.2, 0.25) is 0 Å². The summed E-state index contributed by atoms with van der Waals surface area (Å²) in [6.07, 6.45) is 4.44. The van der Waals surface area contributed by atoms with Crippen molar-refractivity contribution in [2.45, 2.75) is 25.4 Å². The molecule has 1 aliphatic heterocycles. The lowest BCUT2D eigenvalue weighted by molar-refractivity contribution is 0.197. The van der Waals surface area contributed by atoms with Crippen molar-refractivity contribution >= 4 is 22.9 Å². The summed E-state index contributed by atoms with van der Waals surface area (Å²) in [4.78, 5) is 7.68. The zero-order valence-electron chi connectivity index (χ0n) is 8.87. The Balaban J connectivity index is 1.88. The van der Waals surface area contributed by atoms with Crippen molar-refractivity contribution in [1.29, 1.82) is 0 Å². The van der Waals surface area contributed by atoms with Crippen molar-refractivity contribution < 1.29 is 0 Å². The van der Waals surface area contributed by atoms with Gasteiger partial charge in [0.1, 0.15) is 0 Å². The molecule has 1 saturated heterocycles. The van der Waals surface area contributed by atoms with Gasteiger partial charge in [0.05, 0.1) is 0 Å². The minimum atomic E-state index is 0.639. The van der Waals surface area contributed by atoms with Crippen LogP contribution in [0.5, 0.6) is 0 Å². The summed E-state index contributed by atoms with van der Waals surface area (Å²) in [5.74, 6) is 0. The van der Waals surface area contributed by atoms with Crippen molar-refractivity contribution in [1.82, 2.24) is 15.2 Å². The van der Waals surface area contributed by atoms with Gasteiger partial charge in [-0.25, -0.2) is 4.98 Å². The third kappa shape index (κ3) is 3.14. The summed E-state index contributed by atoms with van der Waals surface area (Å²) in [6.45, 7) is 3.22. The van der Waals surface area contributed by atoms with Crippen LogP contribution in [0.25, 0.3) is 0 Å². The van der Waals surface area contributed by atoms with Crippen LogP contribution in [0.15, 0.2) is 6.20 Å². The predicted molar refractivity (Wildman–Crippen MR) is 64.5 cm³/mol. The van der Waals surface area contributed by atoms with Crippen molar-refractivity contribution in [2.75, 3.05) is 20.1 Å². The fraction of sp³-hybridized carbons (Fsp3) is 0.700. The summed E-state index contributed by atoms with van der Waals surface area (Å²) in [7, 11) is 2.17. The van der Waals surface area contributed by atoms with Crippen LogP contribution in [0.1, 0.15) is 17.7 Å². The minimum absolute atomic E-state index is 0.639. The smallest absolute Gasteiger partial charge is 0.183 e. The maximum Gasteiger partial charge on any atom is 0.183 e. The molecule has 3 nitrogen and oxygen atoms in total. The number of hydrogen-bond donors (Lipinski definition) is 1. The second kappa shape index (κ2) is 5.25. The van der Waals surface area contributed by atoms with E-state index in [1.807, 2.05) is 6.20 Å². The van der Waals surface area contributed by atoms with Gasteiger partial charge in [-0.1, -0.05) is 11.6 Å². The molecule has 0 saturated carbocycles. The van der Waals surface area contributed by atoms with Crippen LogP contribution in [0, 0.1) is 0 Å². The van der Waals surface area contributed by atoms with E-state index < -0.39 is 0 Å². The van der Waals surface area contributed by atoms with Gasteiger partial charge >= 0.3 is 0 Å². The molecule has 1 N–H and O–H groups in total.